The minimum atomic E-state index is 0.409. The van der Waals surface area contributed by atoms with Crippen molar-refractivity contribution in [3.63, 3.8) is 0 Å². The summed E-state index contributed by atoms with van der Waals surface area (Å²) in [6, 6.07) is 0. The van der Waals surface area contributed by atoms with E-state index in [1.54, 1.807) is 0 Å². The van der Waals surface area contributed by atoms with E-state index in [-0.39, 0.29) is 0 Å². The maximum Gasteiger partial charge on any atom is 0.0545 e. The third-order valence-corrected chi connectivity index (χ3v) is 5.04. The van der Waals surface area contributed by atoms with E-state index in [0.29, 0.717) is 21.7 Å². The molecule has 0 amide bonds. The molecule has 15 heavy (non-hydrogen) atoms. The standard InChI is InChI=1S/C14H26O/c1-11(2,3)14(12(4,5)6)7-13(8-14)9-15-10-13/h7-10H2,1-6H3. The Labute approximate surface area is 94.6 Å². The summed E-state index contributed by atoms with van der Waals surface area (Å²) in [4.78, 5) is 0. The highest BCUT2D eigenvalue weighted by molar-refractivity contribution is 5.14. The lowest BCUT2D eigenvalue weighted by Crippen LogP contribution is -2.65. The first kappa shape index (κ1) is 11.4. The molecule has 1 heteroatoms. The number of rotatable bonds is 0. The van der Waals surface area contributed by atoms with Crippen LogP contribution >= 0.6 is 0 Å². The van der Waals surface area contributed by atoms with E-state index in [2.05, 4.69) is 41.5 Å². The van der Waals surface area contributed by atoms with E-state index in [9.17, 15) is 0 Å². The third-order valence-electron chi connectivity index (χ3n) is 5.04. The Kier molecular flexibility index (Phi) is 2.13. The zero-order valence-corrected chi connectivity index (χ0v) is 11.2. The van der Waals surface area contributed by atoms with Crippen LogP contribution in [0.15, 0.2) is 0 Å². The van der Waals surface area contributed by atoms with Gasteiger partial charge in [-0.2, -0.15) is 0 Å². The minimum absolute atomic E-state index is 0.409. The van der Waals surface area contributed by atoms with Gasteiger partial charge in [0.1, 0.15) is 0 Å². The number of hydrogen-bond acceptors (Lipinski definition) is 1. The van der Waals surface area contributed by atoms with Crippen molar-refractivity contribution in [1.29, 1.82) is 0 Å². The fourth-order valence-corrected chi connectivity index (χ4v) is 4.01. The van der Waals surface area contributed by atoms with Gasteiger partial charge in [0, 0.05) is 5.41 Å². The van der Waals surface area contributed by atoms with Gasteiger partial charge >= 0.3 is 0 Å². The van der Waals surface area contributed by atoms with Crippen molar-refractivity contribution in [3.05, 3.63) is 0 Å². The number of hydrogen-bond donors (Lipinski definition) is 0. The summed E-state index contributed by atoms with van der Waals surface area (Å²) < 4.78 is 5.40. The van der Waals surface area contributed by atoms with Crippen molar-refractivity contribution < 1.29 is 4.74 Å². The van der Waals surface area contributed by atoms with Gasteiger partial charge < -0.3 is 4.74 Å². The van der Waals surface area contributed by atoms with Crippen LogP contribution in [0, 0.1) is 21.7 Å². The molecule has 1 aliphatic heterocycles. The average molecular weight is 210 g/mol. The van der Waals surface area contributed by atoms with Crippen LogP contribution in [0.2, 0.25) is 0 Å². The molecular formula is C14H26O. The van der Waals surface area contributed by atoms with E-state index in [1.165, 1.54) is 12.8 Å². The number of ether oxygens (including phenoxy) is 1. The zero-order chi connectivity index (χ0) is 11.5. The van der Waals surface area contributed by atoms with Crippen LogP contribution in [-0.2, 0) is 4.74 Å². The predicted octanol–water partition coefficient (Wildman–Crippen LogP) is 3.88. The van der Waals surface area contributed by atoms with Crippen molar-refractivity contribution in [2.45, 2.75) is 54.4 Å². The summed E-state index contributed by atoms with van der Waals surface area (Å²) >= 11 is 0. The van der Waals surface area contributed by atoms with Crippen LogP contribution in [0.4, 0.5) is 0 Å². The highest BCUT2D eigenvalue weighted by Crippen LogP contribution is 2.71. The van der Waals surface area contributed by atoms with E-state index in [1.807, 2.05) is 0 Å². The maximum atomic E-state index is 5.40. The van der Waals surface area contributed by atoms with Gasteiger partial charge in [-0.05, 0) is 29.1 Å². The lowest BCUT2D eigenvalue weighted by Gasteiger charge is -2.70. The topological polar surface area (TPSA) is 9.23 Å². The molecule has 0 aromatic rings. The van der Waals surface area contributed by atoms with Crippen LogP contribution in [-0.4, -0.2) is 13.2 Å². The van der Waals surface area contributed by atoms with Crippen molar-refractivity contribution >= 4 is 0 Å². The Bertz CT molecular complexity index is 236. The lowest BCUT2D eigenvalue weighted by molar-refractivity contribution is -0.270. The zero-order valence-electron chi connectivity index (χ0n) is 11.2. The molecule has 1 nitrogen and oxygen atoms in total. The molecule has 1 spiro atoms. The first-order chi connectivity index (χ1) is 6.62. The first-order valence-electron chi connectivity index (χ1n) is 6.20. The van der Waals surface area contributed by atoms with Crippen LogP contribution in [0.1, 0.15) is 54.4 Å². The quantitative estimate of drug-likeness (QED) is 0.589. The predicted molar refractivity (Wildman–Crippen MR) is 63.8 cm³/mol. The van der Waals surface area contributed by atoms with Gasteiger partial charge in [-0.3, -0.25) is 0 Å². The summed E-state index contributed by atoms with van der Waals surface area (Å²) in [5.74, 6) is 0. The molecule has 0 N–H and O–H groups in total. The minimum Gasteiger partial charge on any atom is -0.380 e. The van der Waals surface area contributed by atoms with Gasteiger partial charge in [-0.1, -0.05) is 41.5 Å². The van der Waals surface area contributed by atoms with E-state index in [4.69, 9.17) is 4.74 Å². The average Bonchev–Trinajstić information content (AvgIpc) is 1.71. The maximum absolute atomic E-state index is 5.40. The van der Waals surface area contributed by atoms with Gasteiger partial charge in [0.25, 0.3) is 0 Å². The van der Waals surface area contributed by atoms with Crippen molar-refractivity contribution in [3.8, 4) is 0 Å². The van der Waals surface area contributed by atoms with Crippen LogP contribution < -0.4 is 0 Å². The molecule has 2 rings (SSSR count). The van der Waals surface area contributed by atoms with Crippen LogP contribution in [0.25, 0.3) is 0 Å². The molecule has 0 bridgehead atoms. The van der Waals surface area contributed by atoms with Crippen molar-refractivity contribution in [2.75, 3.05) is 13.2 Å². The fraction of sp³-hybridized carbons (Fsp3) is 1.00. The molecule has 0 aromatic heterocycles. The summed E-state index contributed by atoms with van der Waals surface area (Å²) in [5.41, 5.74) is 1.89. The molecule has 0 aromatic carbocycles. The van der Waals surface area contributed by atoms with Crippen LogP contribution in [0.3, 0.4) is 0 Å². The first-order valence-corrected chi connectivity index (χ1v) is 6.20. The molecule has 1 aliphatic carbocycles. The molecule has 0 radical (unpaired) electrons. The van der Waals surface area contributed by atoms with Gasteiger partial charge in [0.15, 0.2) is 0 Å². The van der Waals surface area contributed by atoms with E-state index < -0.39 is 0 Å². The Balaban J connectivity index is 2.22. The lowest BCUT2D eigenvalue weighted by atomic mass is 9.37. The molecule has 0 unspecified atom stereocenters. The monoisotopic (exact) mass is 210 g/mol. The van der Waals surface area contributed by atoms with E-state index >= 15 is 0 Å². The molecular weight excluding hydrogens is 184 g/mol. The highest BCUT2D eigenvalue weighted by atomic mass is 16.5. The third kappa shape index (κ3) is 1.39. The summed E-state index contributed by atoms with van der Waals surface area (Å²) in [6.45, 7) is 16.5. The van der Waals surface area contributed by atoms with Gasteiger partial charge in [0.2, 0.25) is 0 Å². The largest absolute Gasteiger partial charge is 0.380 e. The molecule has 0 atom stereocenters. The van der Waals surface area contributed by atoms with Crippen LogP contribution in [0.5, 0.6) is 0 Å². The smallest absolute Gasteiger partial charge is 0.0545 e. The SMILES string of the molecule is CC(C)(C)C1(C(C)(C)C)CC2(COC2)C1. The second-order valence-electron chi connectivity index (χ2n) is 7.93. The Morgan fingerprint density at radius 1 is 0.800 bits per heavy atom. The van der Waals surface area contributed by atoms with Gasteiger partial charge in [0.05, 0.1) is 13.2 Å². The molecule has 2 aliphatic rings. The summed E-state index contributed by atoms with van der Waals surface area (Å²) in [5, 5.41) is 0. The Morgan fingerprint density at radius 3 is 1.40 bits per heavy atom. The molecule has 1 saturated carbocycles. The van der Waals surface area contributed by atoms with Gasteiger partial charge in [-0.25, -0.2) is 0 Å². The second kappa shape index (κ2) is 2.80. The van der Waals surface area contributed by atoms with E-state index in [0.717, 1.165) is 13.2 Å². The van der Waals surface area contributed by atoms with Crippen molar-refractivity contribution in [1.82, 2.24) is 0 Å². The second-order valence-corrected chi connectivity index (χ2v) is 7.93. The molecule has 2 fully saturated rings. The highest BCUT2D eigenvalue weighted by Gasteiger charge is 2.66. The summed E-state index contributed by atoms with van der Waals surface area (Å²) in [7, 11) is 0. The molecule has 88 valence electrons. The Morgan fingerprint density at radius 2 is 1.20 bits per heavy atom. The Hall–Kier alpha value is -0.0400. The molecule has 1 saturated heterocycles. The normalized spacial score (nSPS) is 28.4. The molecule has 1 heterocycles. The summed E-state index contributed by atoms with van der Waals surface area (Å²) in [6.07, 6.45) is 2.74. The van der Waals surface area contributed by atoms with Gasteiger partial charge in [-0.15, -0.1) is 0 Å². The van der Waals surface area contributed by atoms with Crippen molar-refractivity contribution in [2.24, 2.45) is 21.7 Å². The fourth-order valence-electron chi connectivity index (χ4n) is 4.01.